The fraction of sp³-hybridized carbons (Fsp3) is 0.391. The van der Waals surface area contributed by atoms with E-state index in [9.17, 15) is 78.3 Å². The minimum Gasteiger partial charge on any atom is -0.744 e. The number of carbonyl (C=O) groups excluding carboxylic acids is 2. The maximum atomic E-state index is 13.7. The van der Waals surface area contributed by atoms with E-state index in [1.54, 1.807) is 68.8 Å². The Labute approximate surface area is 876 Å². The van der Waals surface area contributed by atoms with E-state index in [-0.39, 0.29) is 237 Å². The van der Waals surface area contributed by atoms with Crippen LogP contribution in [0.15, 0.2) is 211 Å². The minimum absolute atomic E-state index is 0. The third-order valence-corrected chi connectivity index (χ3v) is 28.7. The van der Waals surface area contributed by atoms with Gasteiger partial charge in [-0.1, -0.05) is 103 Å². The Hall–Kier alpha value is -4.36. The Morgan fingerprint density at radius 1 is 0.422 bits per heavy atom. The van der Waals surface area contributed by atoms with Gasteiger partial charge in [0.15, 0.2) is 5.71 Å². The van der Waals surface area contributed by atoms with E-state index in [0.29, 0.717) is 188 Å². The van der Waals surface area contributed by atoms with E-state index in [2.05, 4.69) is 19.6 Å². The van der Waals surface area contributed by atoms with Gasteiger partial charge < -0.3 is 51.9 Å². The second-order valence-corrected chi connectivity index (χ2v) is 40.4. The molecule has 8 aromatic rings. The van der Waals surface area contributed by atoms with Crippen molar-refractivity contribution in [2.45, 2.75) is 119 Å². The molecule has 0 radical (unpaired) electrons. The van der Waals surface area contributed by atoms with Crippen LogP contribution in [-0.4, -0.2) is 243 Å². The number of amides is 2. The Balaban J connectivity index is 0.00000617. The Bertz CT molecular complexity index is 6160. The second-order valence-electron chi connectivity index (χ2n) is 31.7. The molecule has 4 aliphatic heterocycles. The Morgan fingerprint density at radius 2 is 0.836 bits per heavy atom. The molecule has 0 spiro atoms. The summed E-state index contributed by atoms with van der Waals surface area (Å²) in [5.41, 5.74) is 4.53. The fourth-order valence-corrected chi connectivity index (χ4v) is 20.7. The summed E-state index contributed by atoms with van der Waals surface area (Å²) >= 11 is 0. The maximum absolute atomic E-state index is 13.7. The van der Waals surface area contributed by atoms with Crippen molar-refractivity contribution in [3.63, 3.8) is 0 Å². The normalized spacial score (nSPS) is 16.1. The summed E-state index contributed by atoms with van der Waals surface area (Å²) in [5, 5.41) is -0.0682. The molecule has 2 amide bonds. The summed E-state index contributed by atoms with van der Waals surface area (Å²) in [6.45, 7) is 14.4. The second kappa shape index (κ2) is 46.9. The molecule has 32 nitrogen and oxygen atoms in total. The predicted molar refractivity (Wildman–Crippen MR) is 463 cm³/mol. The SMILES string of the molecule is COc1ccc(-c2ccc(S(=O)(=O)NOCCOCCN3CCN(C(=O)CCCCCN4/C(=C/C=C/C=C/C5=[N+](CCCCCC(=O)N6CCN(CCOCCONS(=O)(=O)c7ccc(-c8ccc(OC)cc8)cc7)CC6)c6ccc7c(S(=O)(=O)[O-])cc(S(=O)(=O)[O-])cc7c6C5(C)C)C(C)(C)c5c4ccc4c(S(=O)(=O)[O-])cc(S(=O)(=O)[O-])cc54)CC3)cc2)cc1.[K+].[K+].[K+]. The molecule has 0 aliphatic carbocycles. The van der Waals surface area contributed by atoms with Gasteiger partial charge in [0, 0.05) is 131 Å². The van der Waals surface area contributed by atoms with Gasteiger partial charge in [-0.05, 0) is 175 Å². The molecule has 0 bridgehead atoms. The number of nitrogens with one attached hydrogen (secondary N) is 2. The van der Waals surface area contributed by atoms with Crippen LogP contribution in [0, 0.1) is 0 Å². The first-order valence-electron chi connectivity index (χ1n) is 40.7. The van der Waals surface area contributed by atoms with Gasteiger partial charge in [0.1, 0.15) is 58.5 Å². The van der Waals surface area contributed by atoms with Crippen LogP contribution in [-0.2, 0) is 100 Å². The first-order valence-corrected chi connectivity index (χ1v) is 49.3. The number of benzene rings is 8. The third-order valence-electron chi connectivity index (χ3n) is 22.9. The van der Waals surface area contributed by atoms with E-state index >= 15 is 0 Å². The Kier molecular flexibility index (Phi) is 39.3. The van der Waals surface area contributed by atoms with Gasteiger partial charge in [0.2, 0.25) is 17.5 Å². The van der Waals surface area contributed by atoms with Crippen molar-refractivity contribution < 1.29 is 266 Å². The number of ether oxygens (including phenoxy) is 4. The molecule has 0 unspecified atom stereocenters. The number of sulfonamides is 2. The number of anilines is 1. The van der Waals surface area contributed by atoms with Gasteiger partial charge in [-0.25, -0.2) is 50.5 Å². The summed E-state index contributed by atoms with van der Waals surface area (Å²) in [7, 11) is -26.1. The van der Waals surface area contributed by atoms with Crippen LogP contribution < -0.4 is 178 Å². The zero-order valence-electron chi connectivity index (χ0n) is 73.1. The molecule has 0 atom stereocenters. The molecule has 128 heavy (non-hydrogen) atoms. The largest absolute Gasteiger partial charge is 1.00 e. The van der Waals surface area contributed by atoms with Crippen LogP contribution in [0.4, 0.5) is 11.4 Å². The number of rotatable bonds is 41. The molecule has 2 fully saturated rings. The van der Waals surface area contributed by atoms with Gasteiger partial charge in [-0.3, -0.25) is 29.1 Å². The topological polar surface area (TPSA) is 430 Å². The predicted octanol–water partition coefficient (Wildman–Crippen LogP) is 0.405. The van der Waals surface area contributed by atoms with Crippen LogP contribution in [0.5, 0.6) is 11.5 Å². The van der Waals surface area contributed by atoms with Gasteiger partial charge >= 0.3 is 154 Å². The summed E-state index contributed by atoms with van der Waals surface area (Å²) in [6.07, 6.45) is 12.7. The number of piperazine rings is 2. The van der Waals surface area contributed by atoms with Crippen molar-refractivity contribution in [1.29, 1.82) is 0 Å². The molecular weight excluding hydrogens is 1850 g/mol. The molecule has 4 heterocycles. The van der Waals surface area contributed by atoms with E-state index in [1.807, 2.05) is 108 Å². The quantitative estimate of drug-likeness (QED) is 0.0131. The van der Waals surface area contributed by atoms with Crippen molar-refractivity contribution in [2.24, 2.45) is 0 Å². The minimum atomic E-state index is -5.34. The monoisotopic (exact) mass is 1950 g/mol. The molecule has 8 aromatic carbocycles. The van der Waals surface area contributed by atoms with Crippen molar-refractivity contribution in [2.75, 3.05) is 137 Å². The fourth-order valence-electron chi connectivity index (χ4n) is 16.4. The number of methoxy groups -OCH3 is 2. The van der Waals surface area contributed by atoms with Gasteiger partial charge in [-0.2, -0.15) is 4.58 Å². The first-order chi connectivity index (χ1) is 59.3. The zero-order chi connectivity index (χ0) is 89.9. The van der Waals surface area contributed by atoms with E-state index in [4.69, 9.17) is 28.6 Å². The summed E-state index contributed by atoms with van der Waals surface area (Å²) in [5.74, 6) is 1.38. The summed E-state index contributed by atoms with van der Waals surface area (Å²) < 4.78 is 229. The zero-order valence-corrected chi connectivity index (χ0v) is 87.3. The summed E-state index contributed by atoms with van der Waals surface area (Å²) in [4.78, 5) is 48.6. The van der Waals surface area contributed by atoms with E-state index < -0.39 is 90.9 Å². The number of allylic oxidation sites excluding steroid dienone is 6. The first kappa shape index (κ1) is 107. The number of unbranched alkanes of at least 4 members (excludes halogenated alkanes) is 4. The van der Waals surface area contributed by atoms with Gasteiger partial charge in [-0.15, -0.1) is 0 Å². The molecule has 4 aliphatic rings. The molecule has 0 saturated carbocycles. The molecule has 0 aromatic heterocycles. The summed E-state index contributed by atoms with van der Waals surface area (Å²) in [6, 6.07) is 36.9. The average molecular weight is 1950 g/mol. The van der Waals surface area contributed by atoms with Crippen LogP contribution >= 0.6 is 0 Å². The molecule has 672 valence electrons. The molecule has 2 saturated heterocycles. The van der Waals surface area contributed by atoms with Gasteiger partial charge in [0.25, 0.3) is 20.0 Å². The van der Waals surface area contributed by atoms with Crippen LogP contribution in [0.3, 0.4) is 0 Å². The van der Waals surface area contributed by atoms with Crippen molar-refractivity contribution in [3.8, 4) is 33.8 Å². The van der Waals surface area contributed by atoms with Crippen molar-refractivity contribution >= 4 is 111 Å². The third kappa shape index (κ3) is 27.1. The molecular formula is C87H101K3N8O24S6. The number of fused-ring (bicyclic) bond motifs is 6. The van der Waals surface area contributed by atoms with E-state index in [0.717, 1.165) is 34.4 Å². The van der Waals surface area contributed by atoms with Crippen LogP contribution in [0.2, 0.25) is 0 Å². The van der Waals surface area contributed by atoms with Crippen LogP contribution in [0.25, 0.3) is 43.8 Å². The number of hydrogen-bond acceptors (Lipinski definition) is 27. The standard InChI is InChI=1S/C87H104N8O24S6.3K/c1-86(2)80(94(76-38-36-72-74(84(76)86)58-70(122(102,103)104)60-78(72)124(108,109)110)40-14-8-12-18-82(96)92-46-42-90(43-47-92)50-52-116-54-56-118-88-120(98,99)68-32-24-64(25-33-68)62-20-28-66(114-5)29-21-62)16-10-7-11-17-81-87(3,4)85-75-59-71(123(105,106)107)61-79(125(111,112)113)73(75)37-39-77(85)95(81)41-15-9-13-19-83(97)93-48-44-91(45-49-93)51-53-117-55-57-119-89-121(100,101)69-34-26-65(27-35-69)63-22-30-67(115-6)31-23-63;;;/h7,10-11,16-17,20-39,58-61,88-89H,8-9,12-15,18-19,40-57H2,1-6H3,(H3-,102,103,104,105,106,107,108,109,110,111,112,113);;;/q;3*+1/p-3. The maximum Gasteiger partial charge on any atom is 1.00 e. The molecule has 41 heteroatoms. The van der Waals surface area contributed by atoms with Crippen LogP contribution in [0.1, 0.15) is 90.2 Å². The number of nitrogens with zero attached hydrogens (tertiary/aromatic N) is 6. The average Bonchev–Trinajstić information content (AvgIpc) is 1.55. The molecule has 2 N–H and O–H groups in total. The molecule has 12 rings (SSSR count). The van der Waals surface area contributed by atoms with Crippen molar-refractivity contribution in [1.82, 2.24) is 29.4 Å². The number of hydrogen-bond donors (Lipinski definition) is 2. The Morgan fingerprint density at radius 3 is 1.26 bits per heavy atom. The van der Waals surface area contributed by atoms with Gasteiger partial charge in [0.05, 0.1) is 88.6 Å². The van der Waals surface area contributed by atoms with Crippen molar-refractivity contribution in [3.05, 3.63) is 193 Å². The number of carbonyl (C=O) groups is 2. The van der Waals surface area contributed by atoms with E-state index in [1.165, 1.54) is 36.4 Å². The smallest absolute Gasteiger partial charge is 0.744 e.